The number of aliphatic hydroxyl groups excluding tert-OH is 1. The molecule has 3 N–H and O–H groups in total. The third kappa shape index (κ3) is 2.09. The van der Waals surface area contributed by atoms with Crippen molar-refractivity contribution in [3.05, 3.63) is 12.7 Å². The molecule has 0 amide bonds. The van der Waals surface area contributed by atoms with Crippen molar-refractivity contribution in [3.8, 4) is 0 Å². The summed E-state index contributed by atoms with van der Waals surface area (Å²) >= 11 is 0. The highest BCUT2D eigenvalue weighted by atomic mass is 16.4. The summed E-state index contributed by atoms with van der Waals surface area (Å²) in [6, 6.07) is -1.30. The Hall–Kier alpha value is -1.20. The predicted octanol–water partition coefficient (Wildman–Crippen LogP) is 1.24. The maximum Gasteiger partial charge on any atom is 0.331 e. The van der Waals surface area contributed by atoms with Crippen LogP contribution in [0.1, 0.15) is 33.6 Å². The van der Waals surface area contributed by atoms with Gasteiger partial charge in [0.15, 0.2) is 6.04 Å². The minimum Gasteiger partial charge on any atom is -0.480 e. The summed E-state index contributed by atoms with van der Waals surface area (Å²) in [5.41, 5.74) is -0.558. The second-order valence-corrected chi connectivity index (χ2v) is 6.74. The summed E-state index contributed by atoms with van der Waals surface area (Å²) in [5, 5.41) is 29.6. The van der Waals surface area contributed by atoms with Gasteiger partial charge in [-0.15, -0.1) is 6.58 Å². The van der Waals surface area contributed by atoms with E-state index in [0.29, 0.717) is 18.1 Å². The van der Waals surface area contributed by atoms with Crippen molar-refractivity contribution in [2.45, 2.75) is 51.4 Å². The first-order chi connectivity index (χ1) is 9.12. The van der Waals surface area contributed by atoms with Gasteiger partial charge in [-0.25, -0.2) is 4.79 Å². The van der Waals surface area contributed by atoms with Crippen LogP contribution in [-0.2, 0) is 4.79 Å². The van der Waals surface area contributed by atoms with Crippen molar-refractivity contribution in [1.82, 2.24) is 0 Å². The number of carboxylic acid groups (broad SMARTS) is 1. The van der Waals surface area contributed by atoms with Gasteiger partial charge < -0.3 is 15.3 Å². The van der Waals surface area contributed by atoms with Crippen LogP contribution in [0.3, 0.4) is 0 Å². The van der Waals surface area contributed by atoms with Gasteiger partial charge in [0.2, 0.25) is 0 Å². The van der Waals surface area contributed by atoms with Crippen LogP contribution in [-0.4, -0.2) is 44.7 Å². The van der Waals surface area contributed by atoms with Gasteiger partial charge in [0.25, 0.3) is 0 Å². The van der Waals surface area contributed by atoms with Crippen LogP contribution in [0.25, 0.3) is 0 Å². The second kappa shape index (κ2) is 4.67. The molecule has 0 spiro atoms. The molecule has 0 radical (unpaired) electrons. The van der Waals surface area contributed by atoms with Crippen molar-refractivity contribution in [2.24, 2.45) is 22.2 Å². The predicted molar refractivity (Wildman–Crippen MR) is 75.7 cm³/mol. The van der Waals surface area contributed by atoms with Gasteiger partial charge in [-0.1, -0.05) is 19.9 Å². The zero-order chi connectivity index (χ0) is 15.3. The Labute approximate surface area is 119 Å². The van der Waals surface area contributed by atoms with E-state index in [4.69, 9.17) is 5.11 Å². The summed E-state index contributed by atoms with van der Waals surface area (Å²) < 4.78 is 0. The molecule has 0 aromatic heterocycles. The average Bonchev–Trinajstić information content (AvgIpc) is 2.34. The highest BCUT2D eigenvalue weighted by Gasteiger charge is 2.61. The van der Waals surface area contributed by atoms with Gasteiger partial charge in [-0.3, -0.25) is 4.99 Å². The average molecular weight is 281 g/mol. The Kier molecular flexibility index (Phi) is 3.55. The van der Waals surface area contributed by atoms with Crippen LogP contribution in [0.15, 0.2) is 17.6 Å². The Bertz CT molecular complexity index is 466. The van der Waals surface area contributed by atoms with E-state index in [-0.39, 0.29) is 11.3 Å². The molecule has 0 heterocycles. The normalized spacial score (nSPS) is 39.8. The van der Waals surface area contributed by atoms with Crippen LogP contribution < -0.4 is 0 Å². The van der Waals surface area contributed by atoms with Gasteiger partial charge >= 0.3 is 5.97 Å². The van der Waals surface area contributed by atoms with E-state index >= 15 is 0 Å². The van der Waals surface area contributed by atoms with E-state index in [2.05, 4.69) is 25.4 Å². The maximum atomic E-state index is 11.2. The number of carbonyl (C=O) groups is 1. The minimum absolute atomic E-state index is 0.0539. The molecule has 3 unspecified atom stereocenters. The summed E-state index contributed by atoms with van der Waals surface area (Å²) in [6.45, 7) is 9.35. The molecule has 5 atom stereocenters. The number of hydrogen-bond acceptors (Lipinski definition) is 4. The molecule has 20 heavy (non-hydrogen) atoms. The number of carboxylic acids is 1. The Morgan fingerprint density at radius 2 is 2.10 bits per heavy atom. The second-order valence-electron chi connectivity index (χ2n) is 6.74. The van der Waals surface area contributed by atoms with E-state index in [1.165, 1.54) is 0 Å². The van der Waals surface area contributed by atoms with Gasteiger partial charge in [0.05, 0.1) is 0 Å². The smallest absolute Gasteiger partial charge is 0.331 e. The van der Waals surface area contributed by atoms with Crippen LogP contribution in [0.4, 0.5) is 0 Å². The van der Waals surface area contributed by atoms with Crippen LogP contribution >= 0.6 is 0 Å². The van der Waals surface area contributed by atoms with Gasteiger partial charge in [-0.2, -0.15) is 0 Å². The summed E-state index contributed by atoms with van der Waals surface area (Å²) in [4.78, 5) is 15.4. The first-order valence-electron chi connectivity index (χ1n) is 6.95. The van der Waals surface area contributed by atoms with E-state index < -0.39 is 23.7 Å². The first kappa shape index (κ1) is 15.2. The SMILES string of the molecule is C=C[C@@H](O)C(N=C1CC2CC(C2(C)C)[C@@]1(C)O)C(=O)O. The van der Waals surface area contributed by atoms with Crippen molar-refractivity contribution in [3.63, 3.8) is 0 Å². The number of aliphatic hydroxyl groups is 2. The Balaban J connectivity index is 2.31. The highest BCUT2D eigenvalue weighted by Crippen LogP contribution is 2.61. The van der Waals surface area contributed by atoms with E-state index in [1.807, 2.05) is 0 Å². The molecular formula is C15H23NO4. The molecule has 0 aliphatic heterocycles. The number of nitrogens with zero attached hydrogens (tertiary/aromatic N) is 1. The van der Waals surface area contributed by atoms with E-state index in [1.54, 1.807) is 6.92 Å². The molecule has 0 aromatic rings. The van der Waals surface area contributed by atoms with E-state index in [0.717, 1.165) is 12.5 Å². The minimum atomic E-state index is -1.30. The van der Waals surface area contributed by atoms with Crippen LogP contribution in [0, 0.1) is 17.3 Å². The molecule has 3 aliphatic carbocycles. The van der Waals surface area contributed by atoms with Gasteiger partial charge in [-0.05, 0) is 37.0 Å². The number of fused-ring (bicyclic) bond motifs is 2. The molecule has 2 bridgehead atoms. The summed E-state index contributed by atoms with van der Waals surface area (Å²) in [6.07, 6.45) is 1.44. The molecule has 5 nitrogen and oxygen atoms in total. The van der Waals surface area contributed by atoms with Crippen molar-refractivity contribution < 1.29 is 20.1 Å². The molecule has 0 aromatic carbocycles. The highest BCUT2D eigenvalue weighted by molar-refractivity contribution is 5.96. The van der Waals surface area contributed by atoms with Crippen LogP contribution in [0.2, 0.25) is 0 Å². The van der Waals surface area contributed by atoms with Crippen molar-refractivity contribution in [2.75, 3.05) is 0 Å². The number of aliphatic carboxylic acids is 1. The zero-order valence-electron chi connectivity index (χ0n) is 12.2. The standard InChI is InChI=1S/C15H23NO4/c1-5-9(17)12(13(18)19)16-11-7-8-6-10(14(8,2)3)15(11,4)20/h5,8-10,12,17,20H,1,6-7H2,2-4H3,(H,18,19)/t8?,9-,10?,12?,15-/m1/s1. The topological polar surface area (TPSA) is 90.1 Å². The quantitative estimate of drug-likeness (QED) is 0.676. The van der Waals surface area contributed by atoms with E-state index in [9.17, 15) is 15.0 Å². The lowest BCUT2D eigenvalue weighted by atomic mass is 9.44. The van der Waals surface area contributed by atoms with Gasteiger partial charge in [0, 0.05) is 5.71 Å². The first-order valence-corrected chi connectivity index (χ1v) is 6.95. The lowest BCUT2D eigenvalue weighted by molar-refractivity contribution is -0.141. The number of aliphatic imine (C=N–C) groups is 1. The molecule has 3 fully saturated rings. The fourth-order valence-electron chi connectivity index (χ4n) is 3.72. The molecule has 112 valence electrons. The van der Waals surface area contributed by atoms with Crippen LogP contribution in [0.5, 0.6) is 0 Å². The molecule has 3 rings (SSSR count). The maximum absolute atomic E-state index is 11.2. The zero-order valence-corrected chi connectivity index (χ0v) is 12.2. The number of hydrogen-bond donors (Lipinski definition) is 3. The molecule has 3 saturated carbocycles. The fraction of sp³-hybridized carbons (Fsp3) is 0.733. The molecule has 0 saturated heterocycles. The third-order valence-corrected chi connectivity index (χ3v) is 5.29. The van der Waals surface area contributed by atoms with Crippen molar-refractivity contribution >= 4 is 11.7 Å². The molecule has 3 aliphatic rings. The Morgan fingerprint density at radius 1 is 1.50 bits per heavy atom. The lowest BCUT2D eigenvalue weighted by Crippen LogP contribution is -2.65. The fourth-order valence-corrected chi connectivity index (χ4v) is 3.72. The number of rotatable bonds is 4. The monoisotopic (exact) mass is 281 g/mol. The molecule has 5 heteroatoms. The largest absolute Gasteiger partial charge is 0.480 e. The van der Waals surface area contributed by atoms with Crippen molar-refractivity contribution in [1.29, 1.82) is 0 Å². The third-order valence-electron chi connectivity index (χ3n) is 5.29. The Morgan fingerprint density at radius 3 is 2.50 bits per heavy atom. The van der Waals surface area contributed by atoms with Gasteiger partial charge in [0.1, 0.15) is 11.7 Å². The summed E-state index contributed by atoms with van der Waals surface area (Å²) in [7, 11) is 0. The summed E-state index contributed by atoms with van der Waals surface area (Å²) in [5.74, 6) is -0.705. The lowest BCUT2D eigenvalue weighted by Gasteiger charge is -2.62. The molecular weight excluding hydrogens is 258 g/mol.